The van der Waals surface area contributed by atoms with E-state index >= 15 is 8.78 Å². The van der Waals surface area contributed by atoms with E-state index in [1.165, 1.54) is 18.2 Å². The minimum atomic E-state index is -5.93. The molecule has 0 radical (unpaired) electrons. The first-order valence-corrected chi connectivity index (χ1v) is 13.8. The van der Waals surface area contributed by atoms with E-state index in [0.29, 0.717) is 10.8 Å². The van der Waals surface area contributed by atoms with E-state index in [1.54, 1.807) is 12.1 Å². The molecule has 0 amide bonds. The molecule has 0 N–H and O–H groups in total. The Bertz CT molecular complexity index is 1920. The van der Waals surface area contributed by atoms with E-state index in [-0.39, 0.29) is 34.4 Å². The van der Waals surface area contributed by atoms with Crippen molar-refractivity contribution in [3.8, 4) is 28.0 Å². The van der Waals surface area contributed by atoms with Crippen molar-refractivity contribution >= 4 is 10.8 Å². The second-order valence-corrected chi connectivity index (χ2v) is 10.5. The first kappa shape index (κ1) is 33.7. The fourth-order valence-corrected chi connectivity index (χ4v) is 5.08. The number of fused-ring (bicyclic) bond motifs is 1. The highest BCUT2D eigenvalue weighted by Crippen LogP contribution is 2.40. The molecule has 0 unspecified atom stereocenters. The number of aryl methyl sites for hydroxylation is 1. The predicted octanol–water partition coefficient (Wildman–Crippen LogP) is 11.1. The highest BCUT2D eigenvalue weighted by molar-refractivity contribution is 5.89. The fourth-order valence-electron chi connectivity index (χ4n) is 5.08. The molecule has 0 aliphatic carbocycles. The van der Waals surface area contributed by atoms with E-state index in [0.717, 1.165) is 36.6 Å². The van der Waals surface area contributed by atoms with E-state index in [9.17, 15) is 39.5 Å². The highest BCUT2D eigenvalue weighted by Gasteiger charge is 2.49. The van der Waals surface area contributed by atoms with Gasteiger partial charge in [-0.15, -0.1) is 13.2 Å². The summed E-state index contributed by atoms with van der Waals surface area (Å²) >= 11 is 0. The summed E-state index contributed by atoms with van der Waals surface area (Å²) in [6.07, 6.45) is -9.63. The molecule has 5 rings (SSSR count). The van der Waals surface area contributed by atoms with Gasteiger partial charge >= 0.3 is 12.5 Å². The van der Waals surface area contributed by atoms with Crippen LogP contribution < -0.4 is 4.74 Å². The van der Waals surface area contributed by atoms with Crippen molar-refractivity contribution in [3.05, 3.63) is 124 Å². The lowest BCUT2D eigenvalue weighted by Gasteiger charge is -2.20. The van der Waals surface area contributed by atoms with E-state index in [2.05, 4.69) is 4.74 Å². The molecule has 0 saturated carbocycles. The van der Waals surface area contributed by atoms with Crippen LogP contribution in [0, 0.1) is 34.9 Å². The molecule has 5 aromatic rings. The van der Waals surface area contributed by atoms with Gasteiger partial charge in [0.25, 0.3) is 0 Å². The lowest BCUT2D eigenvalue weighted by atomic mass is 9.95. The maximum Gasteiger partial charge on any atom is 0.527 e. The second-order valence-electron chi connectivity index (χ2n) is 10.5. The summed E-state index contributed by atoms with van der Waals surface area (Å²) in [5, 5.41) is 1.01. The predicted molar refractivity (Wildman–Crippen MR) is 150 cm³/mol. The van der Waals surface area contributed by atoms with Gasteiger partial charge in [0, 0.05) is 28.6 Å². The molecule has 0 bridgehead atoms. The lowest BCUT2D eigenvalue weighted by molar-refractivity contribution is -0.432. The molecule has 13 heteroatoms. The minimum Gasteiger partial charge on any atom is -0.488 e. The molecule has 47 heavy (non-hydrogen) atoms. The molecule has 0 saturated heterocycles. The van der Waals surface area contributed by atoms with Crippen molar-refractivity contribution in [1.29, 1.82) is 0 Å². The second kappa shape index (κ2) is 12.9. The Morgan fingerprint density at radius 2 is 1.23 bits per heavy atom. The van der Waals surface area contributed by atoms with Gasteiger partial charge in [-0.25, -0.2) is 31.1 Å². The van der Waals surface area contributed by atoms with Crippen molar-refractivity contribution in [1.82, 2.24) is 0 Å². The molecule has 246 valence electrons. The number of rotatable bonds is 9. The number of halogens is 11. The Morgan fingerprint density at radius 3 is 1.83 bits per heavy atom. The van der Waals surface area contributed by atoms with E-state index in [1.807, 2.05) is 19.1 Å². The van der Waals surface area contributed by atoms with Crippen molar-refractivity contribution in [2.75, 3.05) is 0 Å². The van der Waals surface area contributed by atoms with Crippen LogP contribution in [0.15, 0.2) is 72.8 Å². The van der Waals surface area contributed by atoms with Crippen LogP contribution in [0.4, 0.5) is 48.3 Å². The van der Waals surface area contributed by atoms with Crippen LogP contribution in [0.1, 0.15) is 30.0 Å². The summed E-state index contributed by atoms with van der Waals surface area (Å²) < 4.78 is 160. The van der Waals surface area contributed by atoms with E-state index < -0.39 is 70.9 Å². The first-order valence-electron chi connectivity index (χ1n) is 13.8. The molecule has 0 aromatic heterocycles. The van der Waals surface area contributed by atoms with Crippen molar-refractivity contribution in [2.45, 2.75) is 38.8 Å². The van der Waals surface area contributed by atoms with Gasteiger partial charge in [0.15, 0.2) is 0 Å². The Morgan fingerprint density at radius 1 is 0.617 bits per heavy atom. The molecule has 0 spiro atoms. The van der Waals surface area contributed by atoms with Gasteiger partial charge in [0.05, 0.1) is 5.56 Å². The van der Waals surface area contributed by atoms with Crippen molar-refractivity contribution < 1.29 is 57.8 Å². The van der Waals surface area contributed by atoms with Crippen LogP contribution in [0.5, 0.6) is 5.75 Å². The van der Waals surface area contributed by atoms with E-state index in [4.69, 9.17) is 4.74 Å². The third-order valence-corrected chi connectivity index (χ3v) is 7.22. The first-order chi connectivity index (χ1) is 22.1. The summed E-state index contributed by atoms with van der Waals surface area (Å²) in [7, 11) is 0. The Hall–Kier alpha value is -4.65. The molecule has 0 fully saturated rings. The lowest BCUT2D eigenvalue weighted by Crippen LogP contribution is -2.29. The number of ether oxygens (including phenoxy) is 2. The van der Waals surface area contributed by atoms with Crippen LogP contribution >= 0.6 is 0 Å². The van der Waals surface area contributed by atoms with Crippen molar-refractivity contribution in [2.24, 2.45) is 0 Å². The number of hydrogen-bond donors (Lipinski definition) is 0. The smallest absolute Gasteiger partial charge is 0.488 e. The normalized spacial score (nSPS) is 12.2. The van der Waals surface area contributed by atoms with Crippen molar-refractivity contribution in [3.63, 3.8) is 0 Å². The zero-order valence-electron chi connectivity index (χ0n) is 24.0. The largest absolute Gasteiger partial charge is 0.527 e. The molecule has 0 heterocycles. The van der Waals surface area contributed by atoms with Gasteiger partial charge in [-0.05, 0) is 46.7 Å². The Labute approximate surface area is 260 Å². The molecular formula is C34H21F11O2. The summed E-state index contributed by atoms with van der Waals surface area (Å²) in [6, 6.07) is 13.8. The van der Waals surface area contributed by atoms with Gasteiger partial charge < -0.3 is 4.74 Å². The van der Waals surface area contributed by atoms with Gasteiger partial charge in [0.1, 0.15) is 52.8 Å². The van der Waals surface area contributed by atoms with Crippen LogP contribution in [0.25, 0.3) is 33.0 Å². The maximum absolute atomic E-state index is 15.4. The third-order valence-electron chi connectivity index (χ3n) is 7.22. The number of benzene rings is 5. The monoisotopic (exact) mass is 670 g/mol. The molecule has 0 aliphatic heterocycles. The third kappa shape index (κ3) is 7.19. The average molecular weight is 671 g/mol. The zero-order valence-corrected chi connectivity index (χ0v) is 24.0. The van der Waals surface area contributed by atoms with Crippen LogP contribution in [-0.2, 0) is 23.9 Å². The summed E-state index contributed by atoms with van der Waals surface area (Å²) in [6.45, 7) is 0.975. The van der Waals surface area contributed by atoms with Crippen LogP contribution in [0.2, 0.25) is 0 Å². The van der Waals surface area contributed by atoms with Gasteiger partial charge in [-0.2, -0.15) is 8.78 Å². The minimum absolute atomic E-state index is 0.0786. The van der Waals surface area contributed by atoms with Gasteiger partial charge in [-0.1, -0.05) is 55.8 Å². The zero-order chi connectivity index (χ0) is 34.3. The fraction of sp³-hybridized carbons (Fsp3) is 0.176. The van der Waals surface area contributed by atoms with Gasteiger partial charge in [-0.3, -0.25) is 0 Å². The van der Waals surface area contributed by atoms with Crippen LogP contribution in [0.3, 0.4) is 0 Å². The molecular weight excluding hydrogens is 649 g/mol. The molecule has 5 aromatic carbocycles. The number of alkyl halides is 5. The Balaban J connectivity index is 1.36. The van der Waals surface area contributed by atoms with Gasteiger partial charge in [0.2, 0.25) is 0 Å². The highest BCUT2D eigenvalue weighted by atomic mass is 19.4. The standard InChI is InChI=1S/C34H21F11O2/c1-2-3-17-4-7-23-18(10-17)6-9-24(32(23)40)19-5-8-22(26(35)11-19)20-12-27(36)25(28(37)13-20)16-46-21-14-29(38)31(30(39)15-21)33(41,42)47-34(43,44)45/h4-15H,2-3,16H2,1H3. The maximum atomic E-state index is 15.4. The quantitative estimate of drug-likeness (QED) is 0.145. The summed E-state index contributed by atoms with van der Waals surface area (Å²) in [5.41, 5.74) is -2.35. The van der Waals surface area contributed by atoms with Crippen LogP contribution in [-0.4, -0.2) is 6.36 Å². The summed E-state index contributed by atoms with van der Waals surface area (Å²) in [5.74, 6) is -9.33. The molecule has 2 nitrogen and oxygen atoms in total. The average Bonchev–Trinajstić information content (AvgIpc) is 2.95. The number of hydrogen-bond acceptors (Lipinski definition) is 2. The summed E-state index contributed by atoms with van der Waals surface area (Å²) in [4.78, 5) is 0. The Kier molecular flexibility index (Phi) is 9.22. The molecule has 0 atom stereocenters. The topological polar surface area (TPSA) is 18.5 Å². The SMILES string of the molecule is CCCc1ccc2c(F)c(-c3ccc(-c4cc(F)c(COc5cc(F)c(C(F)(F)OC(F)(F)F)c(F)c5)c(F)c4)c(F)c3)ccc2c1. The molecule has 0 aliphatic rings.